The van der Waals surface area contributed by atoms with Crippen molar-refractivity contribution in [2.75, 3.05) is 13.2 Å². The summed E-state index contributed by atoms with van der Waals surface area (Å²) < 4.78 is 16.8. The molecule has 0 radical (unpaired) electrons. The summed E-state index contributed by atoms with van der Waals surface area (Å²) in [6.45, 7) is 6.27. The molecule has 386 valence electrons. The molecule has 0 aliphatic carbocycles. The van der Waals surface area contributed by atoms with Crippen LogP contribution in [0.3, 0.4) is 0 Å². The minimum Gasteiger partial charge on any atom is -0.462 e. The van der Waals surface area contributed by atoms with Crippen molar-refractivity contribution in [2.45, 2.75) is 219 Å². The lowest BCUT2D eigenvalue weighted by atomic mass is 10.1. The molecular formula is C63H98O6. The molecule has 0 spiro atoms. The highest BCUT2D eigenvalue weighted by molar-refractivity contribution is 5.71. The van der Waals surface area contributed by atoms with Crippen molar-refractivity contribution in [3.8, 4) is 0 Å². The fourth-order valence-electron chi connectivity index (χ4n) is 6.98. The van der Waals surface area contributed by atoms with Crippen molar-refractivity contribution < 1.29 is 28.6 Å². The van der Waals surface area contributed by atoms with E-state index in [0.29, 0.717) is 19.3 Å². The first kappa shape index (κ1) is 64.3. The van der Waals surface area contributed by atoms with E-state index >= 15 is 0 Å². The number of ether oxygens (including phenoxy) is 3. The molecule has 0 aromatic heterocycles. The zero-order valence-electron chi connectivity index (χ0n) is 44.0. The van der Waals surface area contributed by atoms with Gasteiger partial charge in [0.2, 0.25) is 0 Å². The maximum atomic E-state index is 12.8. The van der Waals surface area contributed by atoms with Crippen LogP contribution in [0.1, 0.15) is 213 Å². The molecule has 0 bridgehead atoms. The lowest BCUT2D eigenvalue weighted by Gasteiger charge is -2.18. The van der Waals surface area contributed by atoms with Gasteiger partial charge in [0, 0.05) is 19.3 Å². The zero-order valence-corrected chi connectivity index (χ0v) is 44.0. The Balaban J connectivity index is 4.55. The number of carbonyl (C=O) groups excluding carboxylic acids is 3. The molecule has 0 rings (SSSR count). The molecule has 0 saturated carbocycles. The van der Waals surface area contributed by atoms with Gasteiger partial charge in [0.15, 0.2) is 6.10 Å². The predicted octanol–water partition coefficient (Wildman–Crippen LogP) is 18.4. The van der Waals surface area contributed by atoms with Gasteiger partial charge in [-0.2, -0.15) is 0 Å². The third kappa shape index (κ3) is 54.1. The van der Waals surface area contributed by atoms with Crippen molar-refractivity contribution in [3.63, 3.8) is 0 Å². The minimum atomic E-state index is -0.814. The molecule has 6 nitrogen and oxygen atoms in total. The van der Waals surface area contributed by atoms with E-state index in [1.165, 1.54) is 77.0 Å². The van der Waals surface area contributed by atoms with E-state index in [0.717, 1.165) is 96.3 Å². The Labute approximate surface area is 423 Å². The molecule has 1 unspecified atom stereocenters. The lowest BCUT2D eigenvalue weighted by Crippen LogP contribution is -2.30. The number of unbranched alkanes of at least 4 members (excludes halogenated alkanes) is 20. The Kier molecular flexibility index (Phi) is 52.1. The summed E-state index contributed by atoms with van der Waals surface area (Å²) in [5.74, 6) is -0.982. The number of allylic oxidation sites excluding steroid dienone is 24. The van der Waals surface area contributed by atoms with Gasteiger partial charge < -0.3 is 14.2 Å². The van der Waals surface area contributed by atoms with Crippen LogP contribution in [0.5, 0.6) is 0 Å². The van der Waals surface area contributed by atoms with E-state index in [-0.39, 0.29) is 31.1 Å². The molecule has 0 heterocycles. The maximum absolute atomic E-state index is 12.8. The molecule has 0 aromatic rings. The summed E-state index contributed by atoms with van der Waals surface area (Å²) in [5.41, 5.74) is 0. The predicted molar refractivity (Wildman–Crippen MR) is 297 cm³/mol. The number of hydrogen-bond donors (Lipinski definition) is 0. The van der Waals surface area contributed by atoms with Crippen molar-refractivity contribution in [1.29, 1.82) is 0 Å². The Morgan fingerprint density at radius 3 is 1.01 bits per heavy atom. The van der Waals surface area contributed by atoms with Crippen LogP contribution in [-0.4, -0.2) is 37.2 Å². The molecule has 0 aliphatic heterocycles. The van der Waals surface area contributed by atoms with Crippen molar-refractivity contribution in [3.05, 3.63) is 146 Å². The topological polar surface area (TPSA) is 78.9 Å². The largest absolute Gasteiger partial charge is 0.462 e. The van der Waals surface area contributed by atoms with Gasteiger partial charge in [-0.05, 0) is 89.9 Å². The third-order valence-electron chi connectivity index (χ3n) is 11.1. The second-order valence-electron chi connectivity index (χ2n) is 17.6. The Morgan fingerprint density at radius 1 is 0.319 bits per heavy atom. The highest BCUT2D eigenvalue weighted by atomic mass is 16.6. The van der Waals surface area contributed by atoms with Gasteiger partial charge in [0.25, 0.3) is 0 Å². The quantitative estimate of drug-likeness (QED) is 0.0199. The van der Waals surface area contributed by atoms with Crippen LogP contribution in [0.4, 0.5) is 0 Å². The first-order valence-corrected chi connectivity index (χ1v) is 27.5. The molecule has 0 fully saturated rings. The van der Waals surface area contributed by atoms with Crippen LogP contribution in [0.25, 0.3) is 0 Å². The SMILES string of the molecule is CC\C=C/C=C\C=C/C=C\C=C\C=C/C=C\CCCCCC(=O)OCC(COC(=O)CCCCCCCCC\C=C/C=C\C=C/CC)OC(=O)CCCCCCCCC/C=C\C/C=C\CCCCC. The molecule has 0 N–H and O–H groups in total. The maximum Gasteiger partial charge on any atom is 0.306 e. The third-order valence-corrected chi connectivity index (χ3v) is 11.1. The molecule has 0 amide bonds. The molecule has 1 atom stereocenters. The second-order valence-corrected chi connectivity index (χ2v) is 17.6. The van der Waals surface area contributed by atoms with Crippen molar-refractivity contribution in [2.24, 2.45) is 0 Å². The van der Waals surface area contributed by atoms with Crippen LogP contribution in [0.2, 0.25) is 0 Å². The van der Waals surface area contributed by atoms with E-state index in [1.807, 2.05) is 72.9 Å². The minimum absolute atomic E-state index is 0.109. The van der Waals surface area contributed by atoms with Gasteiger partial charge in [-0.3, -0.25) is 14.4 Å². The highest BCUT2D eigenvalue weighted by Crippen LogP contribution is 2.14. The first-order chi connectivity index (χ1) is 34.0. The van der Waals surface area contributed by atoms with Crippen LogP contribution in [0.15, 0.2) is 146 Å². The van der Waals surface area contributed by atoms with Gasteiger partial charge >= 0.3 is 17.9 Å². The zero-order chi connectivity index (χ0) is 50.0. The van der Waals surface area contributed by atoms with Crippen molar-refractivity contribution in [1.82, 2.24) is 0 Å². The van der Waals surface area contributed by atoms with E-state index in [4.69, 9.17) is 14.2 Å². The Bertz CT molecular complexity index is 1560. The van der Waals surface area contributed by atoms with E-state index in [9.17, 15) is 14.4 Å². The smallest absolute Gasteiger partial charge is 0.306 e. The monoisotopic (exact) mass is 951 g/mol. The number of esters is 3. The molecule has 6 heteroatoms. The van der Waals surface area contributed by atoms with Crippen LogP contribution in [0, 0.1) is 0 Å². The van der Waals surface area contributed by atoms with E-state index in [2.05, 4.69) is 93.7 Å². The molecular weight excluding hydrogens is 853 g/mol. The summed E-state index contributed by atoms with van der Waals surface area (Å²) in [5, 5.41) is 0. The number of rotatable bonds is 47. The van der Waals surface area contributed by atoms with Crippen molar-refractivity contribution >= 4 is 17.9 Å². The van der Waals surface area contributed by atoms with Gasteiger partial charge in [-0.25, -0.2) is 0 Å². The normalized spacial score (nSPS) is 13.3. The first-order valence-electron chi connectivity index (χ1n) is 27.5. The average molecular weight is 951 g/mol. The summed E-state index contributed by atoms with van der Waals surface area (Å²) in [6, 6.07) is 0. The average Bonchev–Trinajstić information content (AvgIpc) is 3.35. The van der Waals surface area contributed by atoms with Crippen LogP contribution < -0.4 is 0 Å². The molecule has 69 heavy (non-hydrogen) atoms. The molecule has 0 aliphatic rings. The summed E-state index contributed by atoms with van der Waals surface area (Å²) in [6.07, 6.45) is 79.6. The fraction of sp³-hybridized carbons (Fsp3) is 0.571. The number of carbonyl (C=O) groups is 3. The summed E-state index contributed by atoms with van der Waals surface area (Å²) in [7, 11) is 0. The summed E-state index contributed by atoms with van der Waals surface area (Å²) >= 11 is 0. The Hall–Kier alpha value is -4.71. The van der Waals surface area contributed by atoms with Gasteiger partial charge in [0.05, 0.1) is 0 Å². The highest BCUT2D eigenvalue weighted by Gasteiger charge is 2.19. The second kappa shape index (κ2) is 55.9. The van der Waals surface area contributed by atoms with Crippen LogP contribution >= 0.6 is 0 Å². The number of hydrogen-bond acceptors (Lipinski definition) is 6. The van der Waals surface area contributed by atoms with Gasteiger partial charge in [0.1, 0.15) is 13.2 Å². The standard InChI is InChI=1S/C63H98O6/c1-4-7-10-13-16-19-22-25-28-30-31-33-35-38-41-44-47-50-53-56-62(65)68-59-60(58-67-61(64)55-52-49-46-43-40-37-34-27-24-21-18-15-12-9-6-3)69-63(66)57-54-51-48-45-42-39-36-32-29-26-23-20-17-14-11-8-5-2/h7,9-10,12-13,15-22,24-26,28-31,33,35,38,41,60H,4-6,8,11,14,23,27,32,34,36-37,39-40,42-59H2,1-3H3/b10-7-,12-9-,16-13-,18-15-,20-17-,22-19-,24-21-,28-25-,29-26-,31-30+,35-33-,41-38-. The van der Waals surface area contributed by atoms with Gasteiger partial charge in [-0.15, -0.1) is 0 Å². The van der Waals surface area contributed by atoms with E-state index in [1.54, 1.807) is 0 Å². The van der Waals surface area contributed by atoms with E-state index < -0.39 is 6.10 Å². The lowest BCUT2D eigenvalue weighted by molar-refractivity contribution is -0.167. The van der Waals surface area contributed by atoms with Gasteiger partial charge in [-0.1, -0.05) is 250 Å². The summed E-state index contributed by atoms with van der Waals surface area (Å²) in [4.78, 5) is 38.1. The molecule has 0 aromatic carbocycles. The fourth-order valence-corrected chi connectivity index (χ4v) is 6.98. The molecule has 0 saturated heterocycles. The Morgan fingerprint density at radius 2 is 0.623 bits per heavy atom. The van der Waals surface area contributed by atoms with Crippen LogP contribution in [-0.2, 0) is 28.6 Å².